The third kappa shape index (κ3) is 3.17. The molecule has 3 heterocycles. The van der Waals surface area contributed by atoms with Crippen molar-refractivity contribution < 1.29 is 18.4 Å². The Kier molecular flexibility index (Phi) is 4.25. The van der Waals surface area contributed by atoms with Gasteiger partial charge in [0, 0.05) is 18.9 Å². The molecule has 1 spiro atoms. The molecule has 8 nitrogen and oxygen atoms in total. The zero-order valence-electron chi connectivity index (χ0n) is 14.6. The monoisotopic (exact) mass is 410 g/mol. The minimum absolute atomic E-state index is 0.0257. The average molecular weight is 411 g/mol. The minimum atomic E-state index is -2.78. The molecule has 1 aliphatic carbocycles. The largest absolute Gasteiger partial charge is 0.384 e. The zero-order chi connectivity index (χ0) is 20.1. The Balaban J connectivity index is 1.65. The summed E-state index contributed by atoms with van der Waals surface area (Å²) in [5.74, 6) is -3.11. The number of ketones is 1. The number of carbonyl (C=O) groups is 2. The van der Waals surface area contributed by atoms with Crippen molar-refractivity contribution >= 4 is 34.9 Å². The van der Waals surface area contributed by atoms with Crippen molar-refractivity contribution in [3.05, 3.63) is 34.9 Å². The number of hydrogen-bond donors (Lipinski definition) is 3. The van der Waals surface area contributed by atoms with Gasteiger partial charge in [0.15, 0.2) is 5.78 Å². The van der Waals surface area contributed by atoms with Crippen LogP contribution in [0.4, 0.5) is 20.4 Å². The van der Waals surface area contributed by atoms with Crippen molar-refractivity contribution in [3.8, 4) is 0 Å². The Morgan fingerprint density at radius 2 is 1.93 bits per heavy atom. The lowest BCUT2D eigenvalue weighted by Crippen LogP contribution is -2.56. The number of carbonyl (C=O) groups excluding carboxylic acids is 2. The summed E-state index contributed by atoms with van der Waals surface area (Å²) in [6.07, 6.45) is 1.88. The highest BCUT2D eigenvalue weighted by Crippen LogP contribution is 2.45. The third-order valence-electron chi connectivity index (χ3n) is 5.21. The SMILES string of the molecule is Nc1cc(NC2=CC(Cl)=C3C(=O)NC4(CCC(F)(F)CC4)N3CC2=O)ncn1. The number of rotatable bonds is 2. The maximum Gasteiger partial charge on any atom is 0.271 e. The molecule has 0 bridgehead atoms. The van der Waals surface area contributed by atoms with Crippen molar-refractivity contribution in [2.24, 2.45) is 0 Å². The van der Waals surface area contributed by atoms with Crippen molar-refractivity contribution in [2.75, 3.05) is 17.6 Å². The summed E-state index contributed by atoms with van der Waals surface area (Å²) >= 11 is 6.34. The van der Waals surface area contributed by atoms with Gasteiger partial charge in [0.25, 0.3) is 5.91 Å². The van der Waals surface area contributed by atoms with Crippen LogP contribution in [0.15, 0.2) is 34.9 Å². The molecule has 1 aromatic rings. The van der Waals surface area contributed by atoms with Crippen molar-refractivity contribution in [1.29, 1.82) is 0 Å². The molecule has 4 rings (SSSR count). The molecule has 28 heavy (non-hydrogen) atoms. The summed E-state index contributed by atoms with van der Waals surface area (Å²) in [6, 6.07) is 1.44. The summed E-state index contributed by atoms with van der Waals surface area (Å²) in [7, 11) is 0. The highest BCUT2D eigenvalue weighted by atomic mass is 35.5. The Morgan fingerprint density at radius 3 is 2.61 bits per heavy atom. The lowest BCUT2D eigenvalue weighted by atomic mass is 9.85. The number of aromatic nitrogens is 2. The molecule has 11 heteroatoms. The predicted octanol–water partition coefficient (Wildman–Crippen LogP) is 1.73. The van der Waals surface area contributed by atoms with Crippen LogP contribution >= 0.6 is 11.6 Å². The van der Waals surface area contributed by atoms with Gasteiger partial charge < -0.3 is 21.3 Å². The minimum Gasteiger partial charge on any atom is -0.384 e. The lowest BCUT2D eigenvalue weighted by molar-refractivity contribution is -0.121. The summed E-state index contributed by atoms with van der Waals surface area (Å²) in [6.45, 7) is -0.185. The first-order valence-electron chi connectivity index (χ1n) is 8.66. The maximum absolute atomic E-state index is 13.7. The molecule has 2 aliphatic heterocycles. The van der Waals surface area contributed by atoms with Crippen LogP contribution in [-0.2, 0) is 9.59 Å². The number of anilines is 2. The Labute approximate surface area is 163 Å². The molecule has 1 saturated carbocycles. The number of nitrogens with two attached hydrogens (primary N) is 1. The second-order valence-corrected chi connectivity index (χ2v) is 7.47. The van der Waals surface area contributed by atoms with Crippen molar-refractivity contribution in [1.82, 2.24) is 20.2 Å². The number of nitrogens with zero attached hydrogens (tertiary/aromatic N) is 3. The number of fused-ring (bicyclic) bond motifs is 2. The fourth-order valence-electron chi connectivity index (χ4n) is 3.76. The van der Waals surface area contributed by atoms with Gasteiger partial charge in [-0.1, -0.05) is 11.6 Å². The van der Waals surface area contributed by atoms with Gasteiger partial charge in [-0.2, -0.15) is 0 Å². The third-order valence-corrected chi connectivity index (χ3v) is 5.50. The predicted molar refractivity (Wildman–Crippen MR) is 97.0 cm³/mol. The standard InChI is InChI=1S/C17H17ClF2N6O2/c18-9-5-10(24-13-6-12(21)22-8-23-13)11(27)7-26-14(9)15(28)25-17(26)3-1-16(19,20)2-4-17/h5-6,8H,1-4,7H2,(H,25,28)(H3,21,22,23,24). The van der Waals surface area contributed by atoms with E-state index in [1.165, 1.54) is 23.4 Å². The molecule has 3 aliphatic rings. The number of amides is 1. The van der Waals surface area contributed by atoms with Crippen LogP contribution in [0.5, 0.6) is 0 Å². The van der Waals surface area contributed by atoms with Gasteiger partial charge in [-0.25, -0.2) is 18.7 Å². The van der Waals surface area contributed by atoms with Gasteiger partial charge in [0.2, 0.25) is 5.92 Å². The Morgan fingerprint density at radius 1 is 1.21 bits per heavy atom. The molecular weight excluding hydrogens is 394 g/mol. The van der Waals surface area contributed by atoms with E-state index in [-0.39, 0.29) is 60.3 Å². The first kappa shape index (κ1) is 18.6. The Hall–Kier alpha value is -2.75. The van der Waals surface area contributed by atoms with E-state index in [2.05, 4.69) is 20.6 Å². The van der Waals surface area contributed by atoms with Crippen molar-refractivity contribution in [3.63, 3.8) is 0 Å². The van der Waals surface area contributed by atoms with Gasteiger partial charge >= 0.3 is 0 Å². The highest BCUT2D eigenvalue weighted by Gasteiger charge is 2.54. The number of Topliss-reactive ketones (excluding diaryl/α,β-unsaturated/α-hetero) is 1. The van der Waals surface area contributed by atoms with Crippen LogP contribution in [0.25, 0.3) is 0 Å². The first-order chi connectivity index (χ1) is 13.2. The fraction of sp³-hybridized carbons (Fsp3) is 0.412. The molecule has 0 unspecified atom stereocenters. The van der Waals surface area contributed by atoms with Gasteiger partial charge in [-0.15, -0.1) is 0 Å². The van der Waals surface area contributed by atoms with Gasteiger partial charge in [-0.05, 0) is 18.9 Å². The summed E-state index contributed by atoms with van der Waals surface area (Å²) in [5.41, 5.74) is 4.81. The van der Waals surface area contributed by atoms with Crippen LogP contribution in [-0.4, -0.2) is 44.7 Å². The number of nitrogens with one attached hydrogen (secondary N) is 2. The highest BCUT2D eigenvalue weighted by molar-refractivity contribution is 6.34. The first-order valence-corrected chi connectivity index (χ1v) is 9.04. The number of halogens is 3. The van der Waals surface area contributed by atoms with E-state index in [0.29, 0.717) is 5.82 Å². The molecule has 1 aromatic heterocycles. The van der Waals surface area contributed by atoms with Gasteiger partial charge in [0.05, 0.1) is 17.3 Å². The van der Waals surface area contributed by atoms with Crippen molar-refractivity contribution in [2.45, 2.75) is 37.3 Å². The molecule has 0 radical (unpaired) electrons. The van der Waals surface area contributed by atoms with Crippen LogP contribution in [0.1, 0.15) is 25.7 Å². The lowest BCUT2D eigenvalue weighted by Gasteiger charge is -2.43. The second-order valence-electron chi connectivity index (χ2n) is 7.06. The van der Waals surface area contributed by atoms with E-state index in [9.17, 15) is 18.4 Å². The van der Waals surface area contributed by atoms with Gasteiger partial charge in [0.1, 0.15) is 29.3 Å². The van der Waals surface area contributed by atoms with Gasteiger partial charge in [-0.3, -0.25) is 9.59 Å². The summed E-state index contributed by atoms with van der Waals surface area (Å²) in [5, 5.41) is 5.65. The van der Waals surface area contributed by atoms with E-state index >= 15 is 0 Å². The Bertz CT molecular complexity index is 922. The molecule has 2 fully saturated rings. The molecule has 1 amide bonds. The molecule has 0 atom stereocenters. The zero-order valence-corrected chi connectivity index (χ0v) is 15.4. The van der Waals surface area contributed by atoms with E-state index in [1.54, 1.807) is 0 Å². The molecule has 0 aromatic carbocycles. The second kappa shape index (κ2) is 6.40. The van der Waals surface area contributed by atoms with E-state index in [0.717, 1.165) is 0 Å². The molecule has 148 valence electrons. The van der Waals surface area contributed by atoms with E-state index in [4.69, 9.17) is 17.3 Å². The fourth-order valence-corrected chi connectivity index (χ4v) is 4.05. The van der Waals surface area contributed by atoms with Crippen LogP contribution in [0, 0.1) is 0 Å². The normalized spacial score (nSPS) is 23.2. The van der Waals surface area contributed by atoms with E-state index in [1.807, 2.05) is 0 Å². The number of nitrogen functional groups attached to an aromatic ring is 1. The summed E-state index contributed by atoms with van der Waals surface area (Å²) < 4.78 is 27.3. The average Bonchev–Trinajstić information content (AvgIpc) is 2.81. The topological polar surface area (TPSA) is 113 Å². The molecule has 4 N–H and O–H groups in total. The quantitative estimate of drug-likeness (QED) is 0.680. The number of hydrogen-bond acceptors (Lipinski definition) is 7. The summed E-state index contributed by atoms with van der Waals surface area (Å²) in [4.78, 5) is 34.7. The number of allylic oxidation sites excluding steroid dienone is 2. The molecule has 1 saturated heterocycles. The molecular formula is C17H17ClF2N6O2. The van der Waals surface area contributed by atoms with E-state index < -0.39 is 17.5 Å². The van der Waals surface area contributed by atoms with Crippen LogP contribution in [0.3, 0.4) is 0 Å². The van der Waals surface area contributed by atoms with Crippen LogP contribution in [0.2, 0.25) is 0 Å². The maximum atomic E-state index is 13.7. The van der Waals surface area contributed by atoms with Crippen LogP contribution < -0.4 is 16.4 Å². The smallest absolute Gasteiger partial charge is 0.271 e. The number of alkyl halides is 2.